The van der Waals surface area contributed by atoms with Crippen molar-refractivity contribution < 1.29 is 13.9 Å². The van der Waals surface area contributed by atoms with Crippen molar-refractivity contribution in [1.29, 1.82) is 0 Å². The summed E-state index contributed by atoms with van der Waals surface area (Å²) in [6.07, 6.45) is 0. The molecule has 0 aliphatic carbocycles. The molecule has 4 aromatic rings. The van der Waals surface area contributed by atoms with E-state index >= 15 is 0 Å². The van der Waals surface area contributed by atoms with Crippen LogP contribution >= 0.6 is 11.8 Å². The molecule has 2 heterocycles. The van der Waals surface area contributed by atoms with Crippen LogP contribution in [-0.4, -0.2) is 32.2 Å². The summed E-state index contributed by atoms with van der Waals surface area (Å²) in [7, 11) is 1.62. The molecule has 172 valence electrons. The van der Waals surface area contributed by atoms with Crippen molar-refractivity contribution in [3.05, 3.63) is 65.8 Å². The van der Waals surface area contributed by atoms with Crippen LogP contribution in [0.1, 0.15) is 49.2 Å². The van der Waals surface area contributed by atoms with E-state index in [1.807, 2.05) is 43.3 Å². The van der Waals surface area contributed by atoms with Gasteiger partial charge in [0, 0.05) is 5.56 Å². The normalized spacial score (nSPS) is 12.2. The molecule has 0 fully saturated rings. The molecule has 0 saturated heterocycles. The minimum absolute atomic E-state index is 0.173. The Labute approximate surface area is 196 Å². The third-order valence-electron chi connectivity index (χ3n) is 5.06. The molecular weight excluding hydrogens is 440 g/mol. The van der Waals surface area contributed by atoms with Crippen LogP contribution in [0.3, 0.4) is 0 Å². The number of hydrogen-bond acceptors (Lipinski definition) is 9. The molecule has 0 bridgehead atoms. The maximum atomic E-state index is 6.19. The van der Waals surface area contributed by atoms with Crippen LogP contribution in [0.5, 0.6) is 11.5 Å². The number of benzene rings is 2. The average Bonchev–Trinajstić information content (AvgIpc) is 3.46. The molecule has 0 amide bonds. The Hall–Kier alpha value is -3.53. The Kier molecular flexibility index (Phi) is 6.83. The van der Waals surface area contributed by atoms with Gasteiger partial charge in [0.15, 0.2) is 5.82 Å². The molecule has 0 aliphatic rings. The molecule has 10 heteroatoms. The zero-order valence-electron chi connectivity index (χ0n) is 18.9. The second kappa shape index (κ2) is 9.95. The number of methoxy groups -OCH3 is 1. The molecule has 2 aromatic carbocycles. The maximum Gasteiger partial charge on any atom is 0.247 e. The van der Waals surface area contributed by atoms with Gasteiger partial charge in [-0.1, -0.05) is 37.7 Å². The highest BCUT2D eigenvalue weighted by molar-refractivity contribution is 7.99. The summed E-state index contributed by atoms with van der Waals surface area (Å²) in [5.41, 5.74) is 2.07. The number of nitrogens with zero attached hydrogens (tertiary/aromatic N) is 5. The summed E-state index contributed by atoms with van der Waals surface area (Å²) in [4.78, 5) is 0. The number of nitrogen functional groups attached to an aromatic ring is 1. The molecular formula is C23H26N6O3S. The molecule has 9 nitrogen and oxygen atoms in total. The summed E-state index contributed by atoms with van der Waals surface area (Å²) in [6.45, 7) is 6.46. The lowest BCUT2D eigenvalue weighted by Crippen LogP contribution is -2.16. The second-order valence-corrected chi connectivity index (χ2v) is 9.02. The van der Waals surface area contributed by atoms with Crippen molar-refractivity contribution >= 4 is 11.8 Å². The van der Waals surface area contributed by atoms with Gasteiger partial charge in [-0.25, -0.2) is 4.68 Å². The van der Waals surface area contributed by atoms with E-state index < -0.39 is 0 Å². The Morgan fingerprint density at radius 3 is 2.30 bits per heavy atom. The second-order valence-electron chi connectivity index (χ2n) is 7.72. The van der Waals surface area contributed by atoms with Crippen LogP contribution in [0.15, 0.2) is 58.1 Å². The molecule has 0 radical (unpaired) electrons. The fourth-order valence-electron chi connectivity index (χ4n) is 3.04. The highest BCUT2D eigenvalue weighted by atomic mass is 32.2. The first kappa shape index (κ1) is 22.7. The minimum atomic E-state index is -0.173. The predicted octanol–water partition coefficient (Wildman–Crippen LogP) is 4.61. The maximum absolute atomic E-state index is 6.19. The lowest BCUT2D eigenvalue weighted by atomic mass is 10.0. The van der Waals surface area contributed by atoms with Gasteiger partial charge in [-0.3, -0.25) is 0 Å². The van der Waals surface area contributed by atoms with Gasteiger partial charge >= 0.3 is 0 Å². The molecule has 1 atom stereocenters. The summed E-state index contributed by atoms with van der Waals surface area (Å²) >= 11 is 1.38. The van der Waals surface area contributed by atoms with Crippen LogP contribution in [0.4, 0.5) is 0 Å². The predicted molar refractivity (Wildman–Crippen MR) is 126 cm³/mol. The Morgan fingerprint density at radius 1 is 0.939 bits per heavy atom. The molecule has 33 heavy (non-hydrogen) atoms. The number of thioether (sulfide) groups is 1. The van der Waals surface area contributed by atoms with E-state index in [2.05, 4.69) is 46.4 Å². The van der Waals surface area contributed by atoms with E-state index in [1.54, 1.807) is 7.11 Å². The highest BCUT2D eigenvalue weighted by Crippen LogP contribution is 2.34. The summed E-state index contributed by atoms with van der Waals surface area (Å²) < 4.78 is 18.3. The number of hydrogen-bond donors (Lipinski definition) is 1. The van der Waals surface area contributed by atoms with Gasteiger partial charge in [-0.2, -0.15) is 0 Å². The van der Waals surface area contributed by atoms with Crippen LogP contribution in [0.25, 0.3) is 11.5 Å². The van der Waals surface area contributed by atoms with Crippen molar-refractivity contribution in [3.63, 3.8) is 0 Å². The molecule has 0 saturated carbocycles. The van der Waals surface area contributed by atoms with Gasteiger partial charge in [0.2, 0.25) is 16.9 Å². The fourth-order valence-corrected chi connectivity index (χ4v) is 3.86. The van der Waals surface area contributed by atoms with E-state index in [0.29, 0.717) is 28.7 Å². The number of ether oxygens (including phenoxy) is 2. The van der Waals surface area contributed by atoms with Crippen LogP contribution in [0.2, 0.25) is 0 Å². The number of rotatable bonds is 9. The third kappa shape index (κ3) is 5.28. The Bertz CT molecular complexity index is 1190. The standard InChI is InChI=1S/C23H26N6O3S/c1-14(2)16-5-11-19(12-6-16)31-13-20-25-28-23(29(20)24)33-15(3)21-26-27-22(32-21)17-7-9-18(30-4)10-8-17/h5-12,14-15H,13,24H2,1-4H3. The third-order valence-corrected chi connectivity index (χ3v) is 6.10. The van der Waals surface area contributed by atoms with Gasteiger partial charge in [-0.15, -0.1) is 20.4 Å². The zero-order chi connectivity index (χ0) is 23.4. The highest BCUT2D eigenvalue weighted by Gasteiger charge is 2.20. The first-order valence-electron chi connectivity index (χ1n) is 10.5. The first-order chi connectivity index (χ1) is 15.9. The molecule has 0 aliphatic heterocycles. The van der Waals surface area contributed by atoms with Crippen LogP contribution in [-0.2, 0) is 6.61 Å². The zero-order valence-corrected chi connectivity index (χ0v) is 19.7. The Balaban J connectivity index is 1.38. The molecule has 1 unspecified atom stereocenters. The van der Waals surface area contributed by atoms with Crippen molar-refractivity contribution in [2.75, 3.05) is 13.0 Å². The van der Waals surface area contributed by atoms with E-state index in [9.17, 15) is 0 Å². The molecule has 2 N–H and O–H groups in total. The van der Waals surface area contributed by atoms with Crippen LogP contribution < -0.4 is 15.3 Å². The van der Waals surface area contributed by atoms with Gasteiger partial charge < -0.3 is 19.7 Å². The van der Waals surface area contributed by atoms with Gasteiger partial charge in [0.05, 0.1) is 12.4 Å². The van der Waals surface area contributed by atoms with Gasteiger partial charge in [0.25, 0.3) is 0 Å². The number of nitrogens with two attached hydrogens (primary N) is 1. The van der Waals surface area contributed by atoms with Crippen molar-refractivity contribution in [1.82, 2.24) is 25.1 Å². The summed E-state index contributed by atoms with van der Waals surface area (Å²) in [5, 5.41) is 17.0. The molecule has 0 spiro atoms. The van der Waals surface area contributed by atoms with E-state index in [0.717, 1.165) is 17.1 Å². The van der Waals surface area contributed by atoms with Gasteiger partial charge in [-0.05, 0) is 54.8 Å². The summed E-state index contributed by atoms with van der Waals surface area (Å²) in [6, 6.07) is 15.4. The van der Waals surface area contributed by atoms with Crippen molar-refractivity contribution in [2.45, 2.75) is 43.7 Å². The van der Waals surface area contributed by atoms with Crippen molar-refractivity contribution in [2.24, 2.45) is 0 Å². The monoisotopic (exact) mass is 466 g/mol. The first-order valence-corrected chi connectivity index (χ1v) is 11.4. The Morgan fingerprint density at radius 2 is 1.64 bits per heavy atom. The lowest BCUT2D eigenvalue weighted by molar-refractivity contribution is 0.291. The SMILES string of the molecule is COc1ccc(-c2nnc(C(C)Sc3nnc(COc4ccc(C(C)C)cc4)n3N)o2)cc1. The van der Waals surface area contributed by atoms with Crippen LogP contribution in [0, 0.1) is 0 Å². The topological polar surface area (TPSA) is 114 Å². The minimum Gasteiger partial charge on any atom is -0.497 e. The number of aromatic nitrogens is 5. The van der Waals surface area contributed by atoms with E-state index in [4.69, 9.17) is 19.7 Å². The fraction of sp³-hybridized carbons (Fsp3) is 0.304. The quantitative estimate of drug-likeness (QED) is 0.279. The van der Waals surface area contributed by atoms with Crippen molar-refractivity contribution in [3.8, 4) is 23.0 Å². The van der Waals surface area contributed by atoms with Gasteiger partial charge in [0.1, 0.15) is 18.1 Å². The van der Waals surface area contributed by atoms with E-state index in [1.165, 1.54) is 22.0 Å². The largest absolute Gasteiger partial charge is 0.497 e. The molecule has 4 rings (SSSR count). The summed E-state index contributed by atoms with van der Waals surface area (Å²) in [5.74, 6) is 9.60. The average molecular weight is 467 g/mol. The lowest BCUT2D eigenvalue weighted by Gasteiger charge is -2.09. The smallest absolute Gasteiger partial charge is 0.247 e. The molecule has 2 aromatic heterocycles. The van der Waals surface area contributed by atoms with E-state index in [-0.39, 0.29) is 11.9 Å².